The number of benzene rings is 3. The Morgan fingerprint density at radius 1 is 0.974 bits per heavy atom. The molecule has 190 valence electrons. The van der Waals surface area contributed by atoms with Crippen molar-refractivity contribution < 1.29 is 23.9 Å². The molecule has 0 bridgehead atoms. The summed E-state index contributed by atoms with van der Waals surface area (Å²) < 4.78 is 10.9. The van der Waals surface area contributed by atoms with Gasteiger partial charge in [-0.25, -0.2) is 4.79 Å². The number of hydrogen-bond acceptors (Lipinski definition) is 7. The van der Waals surface area contributed by atoms with Crippen LogP contribution in [0.5, 0.6) is 11.5 Å². The minimum atomic E-state index is -0.554. The predicted octanol–water partition coefficient (Wildman–Crippen LogP) is 5.26. The van der Waals surface area contributed by atoms with Crippen LogP contribution in [0.25, 0.3) is 11.1 Å². The Balaban J connectivity index is 1.41. The largest absolute Gasteiger partial charge is 0.426 e. The van der Waals surface area contributed by atoms with E-state index in [9.17, 15) is 14.4 Å². The third-order valence-electron chi connectivity index (χ3n) is 6.46. The summed E-state index contributed by atoms with van der Waals surface area (Å²) in [7, 11) is 0. The van der Waals surface area contributed by atoms with Crippen molar-refractivity contribution in [2.24, 2.45) is 5.73 Å². The lowest BCUT2D eigenvalue weighted by molar-refractivity contribution is -0.135. The molecular weight excluding hydrogens is 480 g/mol. The maximum absolute atomic E-state index is 13.0. The SMILES string of the molecule is CC(N)c1ccc(C(=O)Cc2ccncc2)cc1-c1cccc(C(=O)Oc2ccc3c(c2)OC(=O)CC3)c1. The summed E-state index contributed by atoms with van der Waals surface area (Å²) in [5.41, 5.74) is 11.3. The van der Waals surface area contributed by atoms with E-state index in [1.54, 1.807) is 54.9 Å². The van der Waals surface area contributed by atoms with Gasteiger partial charge in [0, 0.05) is 36.5 Å². The minimum absolute atomic E-state index is 0.0302. The van der Waals surface area contributed by atoms with E-state index in [4.69, 9.17) is 15.2 Å². The van der Waals surface area contributed by atoms with Crippen LogP contribution >= 0.6 is 0 Å². The van der Waals surface area contributed by atoms with Crippen LogP contribution in [0.2, 0.25) is 0 Å². The summed E-state index contributed by atoms with van der Waals surface area (Å²) in [4.78, 5) is 41.7. The van der Waals surface area contributed by atoms with Crippen molar-refractivity contribution in [3.8, 4) is 22.6 Å². The number of carbonyl (C=O) groups is 3. The molecule has 0 saturated heterocycles. The first kappa shape index (κ1) is 25.0. The zero-order valence-corrected chi connectivity index (χ0v) is 20.8. The molecule has 38 heavy (non-hydrogen) atoms. The van der Waals surface area contributed by atoms with Crippen LogP contribution in [0.4, 0.5) is 0 Å². The molecule has 0 radical (unpaired) electrons. The van der Waals surface area contributed by atoms with Gasteiger partial charge in [-0.2, -0.15) is 0 Å². The quantitative estimate of drug-likeness (QED) is 0.207. The van der Waals surface area contributed by atoms with Gasteiger partial charge in [0.15, 0.2) is 5.78 Å². The molecule has 3 aromatic carbocycles. The van der Waals surface area contributed by atoms with Crippen molar-refractivity contribution in [1.29, 1.82) is 0 Å². The first-order valence-electron chi connectivity index (χ1n) is 12.4. The van der Waals surface area contributed by atoms with E-state index in [1.165, 1.54) is 0 Å². The second kappa shape index (κ2) is 10.8. The Morgan fingerprint density at radius 3 is 2.58 bits per heavy atom. The first-order chi connectivity index (χ1) is 18.4. The number of ketones is 1. The van der Waals surface area contributed by atoms with Crippen molar-refractivity contribution in [1.82, 2.24) is 4.98 Å². The second-order valence-electron chi connectivity index (χ2n) is 9.26. The molecule has 0 spiro atoms. The number of rotatable bonds is 7. The van der Waals surface area contributed by atoms with Gasteiger partial charge in [-0.15, -0.1) is 0 Å². The van der Waals surface area contributed by atoms with E-state index in [2.05, 4.69) is 4.98 Å². The van der Waals surface area contributed by atoms with Gasteiger partial charge in [-0.1, -0.05) is 30.3 Å². The maximum Gasteiger partial charge on any atom is 0.343 e. The van der Waals surface area contributed by atoms with Gasteiger partial charge in [-0.3, -0.25) is 14.6 Å². The minimum Gasteiger partial charge on any atom is -0.426 e. The van der Waals surface area contributed by atoms with E-state index in [0.717, 1.165) is 27.8 Å². The zero-order chi connectivity index (χ0) is 26.6. The normalized spacial score (nSPS) is 13.3. The van der Waals surface area contributed by atoms with Crippen LogP contribution in [0.15, 0.2) is 85.2 Å². The highest BCUT2D eigenvalue weighted by atomic mass is 16.5. The third kappa shape index (κ3) is 5.53. The monoisotopic (exact) mass is 506 g/mol. The lowest BCUT2D eigenvalue weighted by Crippen LogP contribution is -2.16. The van der Waals surface area contributed by atoms with E-state index in [1.807, 2.05) is 37.3 Å². The molecule has 7 heteroatoms. The number of Topliss-reactive ketones (excluding diaryl/α,β-unsaturated/α-hetero) is 1. The molecule has 0 saturated carbocycles. The summed E-state index contributed by atoms with van der Waals surface area (Å²) in [5.74, 6) is -0.192. The molecule has 7 nitrogen and oxygen atoms in total. The molecule has 1 atom stereocenters. The average molecular weight is 507 g/mol. The summed E-state index contributed by atoms with van der Waals surface area (Å²) in [6.45, 7) is 1.87. The van der Waals surface area contributed by atoms with Gasteiger partial charge in [0.2, 0.25) is 0 Å². The predicted molar refractivity (Wildman–Crippen MR) is 142 cm³/mol. The molecular formula is C31H26N2O5. The highest BCUT2D eigenvalue weighted by molar-refractivity contribution is 5.99. The number of fused-ring (bicyclic) bond motifs is 1. The van der Waals surface area contributed by atoms with Gasteiger partial charge in [0.25, 0.3) is 0 Å². The number of aromatic nitrogens is 1. The highest BCUT2D eigenvalue weighted by Crippen LogP contribution is 2.32. The van der Waals surface area contributed by atoms with Crippen molar-refractivity contribution >= 4 is 17.7 Å². The maximum atomic E-state index is 13.0. The van der Waals surface area contributed by atoms with Crippen molar-refractivity contribution in [3.05, 3.63) is 113 Å². The van der Waals surface area contributed by atoms with Crippen LogP contribution in [0, 0.1) is 0 Å². The standard InChI is InChI=1S/C31H26N2O5/c1-19(32)26-9-6-23(28(34)15-20-11-13-33-14-12-20)17-27(26)22-3-2-4-24(16-22)31(36)37-25-8-5-21-7-10-30(35)38-29(21)18-25/h2-6,8-9,11-14,16-19H,7,10,15,32H2,1H3. The number of carbonyl (C=O) groups excluding carboxylic acids is 3. The van der Waals surface area contributed by atoms with Crippen molar-refractivity contribution in [2.75, 3.05) is 0 Å². The Hall–Kier alpha value is -4.62. The Kier molecular flexibility index (Phi) is 7.11. The molecule has 0 fully saturated rings. The number of pyridine rings is 1. The van der Waals surface area contributed by atoms with Gasteiger partial charge in [0.1, 0.15) is 11.5 Å². The fourth-order valence-corrected chi connectivity index (χ4v) is 4.45. The molecule has 2 N–H and O–H groups in total. The fourth-order valence-electron chi connectivity index (χ4n) is 4.45. The third-order valence-corrected chi connectivity index (χ3v) is 6.46. The topological polar surface area (TPSA) is 109 Å². The fraction of sp³-hybridized carbons (Fsp3) is 0.161. The summed E-state index contributed by atoms with van der Waals surface area (Å²) in [6, 6.07) is 20.9. The second-order valence-corrected chi connectivity index (χ2v) is 9.26. The number of esters is 2. The molecule has 0 amide bonds. The summed E-state index contributed by atoms with van der Waals surface area (Å²) in [5, 5.41) is 0. The van der Waals surface area contributed by atoms with E-state index in [-0.39, 0.29) is 30.0 Å². The van der Waals surface area contributed by atoms with E-state index >= 15 is 0 Å². The molecule has 4 aromatic rings. The number of aryl methyl sites for hydroxylation is 1. The number of ether oxygens (including phenoxy) is 2. The number of nitrogens with two attached hydrogens (primary N) is 1. The smallest absolute Gasteiger partial charge is 0.343 e. The highest BCUT2D eigenvalue weighted by Gasteiger charge is 2.20. The van der Waals surface area contributed by atoms with Crippen LogP contribution in [-0.4, -0.2) is 22.7 Å². The molecule has 1 unspecified atom stereocenters. The van der Waals surface area contributed by atoms with E-state index < -0.39 is 5.97 Å². The van der Waals surface area contributed by atoms with Gasteiger partial charge >= 0.3 is 11.9 Å². The van der Waals surface area contributed by atoms with Gasteiger partial charge < -0.3 is 15.2 Å². The Bertz CT molecular complexity index is 1530. The first-order valence-corrected chi connectivity index (χ1v) is 12.4. The lowest BCUT2D eigenvalue weighted by Gasteiger charge is -2.17. The molecule has 1 aliphatic rings. The van der Waals surface area contributed by atoms with E-state index in [0.29, 0.717) is 29.7 Å². The Morgan fingerprint density at radius 2 is 1.79 bits per heavy atom. The van der Waals surface area contributed by atoms with Gasteiger partial charge in [-0.05, 0) is 77.6 Å². The molecule has 1 aliphatic heterocycles. The molecule has 5 rings (SSSR count). The van der Waals surface area contributed by atoms with Crippen molar-refractivity contribution in [3.63, 3.8) is 0 Å². The number of hydrogen-bond donors (Lipinski definition) is 1. The number of nitrogens with zero attached hydrogens (tertiary/aromatic N) is 1. The zero-order valence-electron chi connectivity index (χ0n) is 20.8. The molecule has 0 aliphatic carbocycles. The van der Waals surface area contributed by atoms with Crippen LogP contribution in [-0.2, 0) is 17.6 Å². The van der Waals surface area contributed by atoms with Crippen LogP contribution in [0.3, 0.4) is 0 Å². The Labute approximate surface area is 220 Å². The average Bonchev–Trinajstić information content (AvgIpc) is 2.93. The lowest BCUT2D eigenvalue weighted by atomic mass is 9.91. The molecule has 1 aromatic heterocycles. The van der Waals surface area contributed by atoms with Crippen molar-refractivity contribution in [2.45, 2.75) is 32.2 Å². The summed E-state index contributed by atoms with van der Waals surface area (Å²) in [6.07, 6.45) is 4.50. The van der Waals surface area contributed by atoms with Gasteiger partial charge in [0.05, 0.1) is 12.0 Å². The van der Waals surface area contributed by atoms with Crippen LogP contribution < -0.4 is 15.2 Å². The molecule has 2 heterocycles. The van der Waals surface area contributed by atoms with Crippen LogP contribution in [0.1, 0.15) is 56.8 Å². The summed E-state index contributed by atoms with van der Waals surface area (Å²) >= 11 is 0.